The average Bonchev–Trinajstić information content (AvgIpc) is 2.86. The van der Waals surface area contributed by atoms with Crippen LogP contribution in [0.2, 0.25) is 0 Å². The molecule has 0 bridgehead atoms. The number of aliphatic hydroxyl groups is 1. The Labute approximate surface area is 118 Å². The van der Waals surface area contributed by atoms with E-state index in [-0.39, 0.29) is 31.5 Å². The molecule has 1 saturated heterocycles. The first kappa shape index (κ1) is 14.8. The summed E-state index contributed by atoms with van der Waals surface area (Å²) in [6, 6.07) is 7.16. The van der Waals surface area contributed by atoms with Gasteiger partial charge >= 0.3 is 0 Å². The monoisotopic (exact) mass is 281 g/mol. The van der Waals surface area contributed by atoms with Crippen LogP contribution in [-0.2, 0) is 11.2 Å². The van der Waals surface area contributed by atoms with Crippen molar-refractivity contribution in [2.45, 2.75) is 31.5 Å². The third kappa shape index (κ3) is 3.28. The summed E-state index contributed by atoms with van der Waals surface area (Å²) in [6.45, 7) is -0.0865. The molecule has 0 unspecified atom stereocenters. The van der Waals surface area contributed by atoms with E-state index in [0.29, 0.717) is 12.8 Å². The van der Waals surface area contributed by atoms with Crippen molar-refractivity contribution in [1.29, 1.82) is 0 Å². The van der Waals surface area contributed by atoms with Gasteiger partial charge in [0.05, 0.1) is 26.3 Å². The smallest absolute Gasteiger partial charge is 0.223 e. The van der Waals surface area contributed by atoms with Gasteiger partial charge in [0, 0.05) is 12.8 Å². The van der Waals surface area contributed by atoms with Gasteiger partial charge in [-0.05, 0) is 18.1 Å². The largest absolute Gasteiger partial charge is 0.496 e. The summed E-state index contributed by atoms with van der Waals surface area (Å²) < 4.78 is 18.6. The number of likely N-dealkylation sites (tertiary alicyclic amines) is 1. The molecule has 0 saturated carbocycles. The molecule has 2 atom stereocenters. The molecule has 0 radical (unpaired) electrons. The van der Waals surface area contributed by atoms with Gasteiger partial charge in [0.25, 0.3) is 0 Å². The lowest BCUT2D eigenvalue weighted by Gasteiger charge is -2.22. The summed E-state index contributed by atoms with van der Waals surface area (Å²) in [5.74, 6) is 0.638. The molecule has 2 rings (SSSR count). The van der Waals surface area contributed by atoms with Crippen LogP contribution >= 0.6 is 0 Å². The van der Waals surface area contributed by atoms with E-state index in [1.54, 1.807) is 7.11 Å². The number of aliphatic hydroxyl groups excluding tert-OH is 1. The first-order valence-corrected chi connectivity index (χ1v) is 6.82. The Morgan fingerprint density at radius 2 is 2.25 bits per heavy atom. The fourth-order valence-electron chi connectivity index (χ4n) is 2.63. The van der Waals surface area contributed by atoms with E-state index >= 15 is 0 Å². The lowest BCUT2D eigenvalue weighted by molar-refractivity contribution is -0.132. The Morgan fingerprint density at radius 3 is 2.95 bits per heavy atom. The minimum absolute atomic E-state index is 0.0932. The predicted octanol–water partition coefficient (Wildman–Crippen LogP) is 1.56. The lowest BCUT2D eigenvalue weighted by Crippen LogP contribution is -2.38. The molecule has 0 aliphatic carbocycles. The summed E-state index contributed by atoms with van der Waals surface area (Å²) in [7, 11) is 1.59. The molecule has 1 fully saturated rings. The predicted molar refractivity (Wildman–Crippen MR) is 73.4 cm³/mol. The molecular formula is C15H20FNO3. The number of halogens is 1. The van der Waals surface area contributed by atoms with Crippen LogP contribution in [0, 0.1) is 0 Å². The summed E-state index contributed by atoms with van der Waals surface area (Å²) in [5, 5.41) is 9.19. The summed E-state index contributed by atoms with van der Waals surface area (Å²) in [4.78, 5) is 13.6. The zero-order valence-corrected chi connectivity index (χ0v) is 11.6. The summed E-state index contributed by atoms with van der Waals surface area (Å²) in [6.07, 6.45) is 0.0527. The van der Waals surface area contributed by atoms with Gasteiger partial charge < -0.3 is 14.7 Å². The molecule has 1 amide bonds. The maximum atomic E-state index is 13.3. The van der Waals surface area contributed by atoms with Crippen molar-refractivity contribution in [3.05, 3.63) is 29.8 Å². The molecule has 1 aromatic carbocycles. The van der Waals surface area contributed by atoms with Crippen LogP contribution in [0.1, 0.15) is 18.4 Å². The zero-order chi connectivity index (χ0) is 14.5. The van der Waals surface area contributed by atoms with E-state index in [1.165, 1.54) is 4.90 Å². The number of methoxy groups -OCH3 is 1. The van der Waals surface area contributed by atoms with Gasteiger partial charge in [0.15, 0.2) is 0 Å². The van der Waals surface area contributed by atoms with Gasteiger partial charge in [-0.1, -0.05) is 18.2 Å². The Kier molecular flexibility index (Phi) is 4.95. The van der Waals surface area contributed by atoms with Crippen molar-refractivity contribution in [3.8, 4) is 5.75 Å². The number of para-hydroxylation sites is 1. The zero-order valence-electron chi connectivity index (χ0n) is 11.6. The van der Waals surface area contributed by atoms with E-state index in [9.17, 15) is 14.3 Å². The molecule has 1 aromatic rings. The highest BCUT2D eigenvalue weighted by molar-refractivity contribution is 5.77. The van der Waals surface area contributed by atoms with Gasteiger partial charge in [0.1, 0.15) is 11.9 Å². The average molecular weight is 281 g/mol. The number of aryl methyl sites for hydroxylation is 1. The van der Waals surface area contributed by atoms with Crippen LogP contribution in [0.15, 0.2) is 24.3 Å². The number of hydrogen-bond donors (Lipinski definition) is 1. The Bertz CT molecular complexity index is 466. The van der Waals surface area contributed by atoms with Crippen molar-refractivity contribution >= 4 is 5.91 Å². The number of carbonyl (C=O) groups excluding carboxylic acids is 1. The molecule has 1 aliphatic rings. The Hall–Kier alpha value is -1.62. The van der Waals surface area contributed by atoms with Crippen molar-refractivity contribution in [2.75, 3.05) is 20.3 Å². The highest BCUT2D eigenvalue weighted by Crippen LogP contribution is 2.23. The molecule has 20 heavy (non-hydrogen) atoms. The van der Waals surface area contributed by atoms with E-state index in [2.05, 4.69) is 0 Å². The minimum Gasteiger partial charge on any atom is -0.496 e. The topological polar surface area (TPSA) is 49.8 Å². The molecular weight excluding hydrogens is 261 g/mol. The van der Waals surface area contributed by atoms with Gasteiger partial charge in [-0.2, -0.15) is 0 Å². The molecule has 1 aliphatic heterocycles. The normalized spacial score (nSPS) is 22.1. The van der Waals surface area contributed by atoms with E-state index in [0.717, 1.165) is 11.3 Å². The molecule has 0 spiro atoms. The number of hydrogen-bond acceptors (Lipinski definition) is 3. The van der Waals surface area contributed by atoms with Crippen LogP contribution in [0.3, 0.4) is 0 Å². The van der Waals surface area contributed by atoms with Gasteiger partial charge in [-0.25, -0.2) is 4.39 Å². The Morgan fingerprint density at radius 1 is 1.50 bits per heavy atom. The maximum absolute atomic E-state index is 13.3. The highest BCUT2D eigenvalue weighted by atomic mass is 19.1. The molecule has 1 N–H and O–H groups in total. The van der Waals surface area contributed by atoms with Gasteiger partial charge in [-0.3, -0.25) is 4.79 Å². The number of rotatable bonds is 5. The second kappa shape index (κ2) is 6.70. The number of alkyl halides is 1. The molecule has 0 aromatic heterocycles. The van der Waals surface area contributed by atoms with Crippen molar-refractivity contribution in [1.82, 2.24) is 4.90 Å². The maximum Gasteiger partial charge on any atom is 0.223 e. The fourth-order valence-corrected chi connectivity index (χ4v) is 2.63. The highest BCUT2D eigenvalue weighted by Gasteiger charge is 2.34. The van der Waals surface area contributed by atoms with Crippen LogP contribution in [-0.4, -0.2) is 48.4 Å². The SMILES string of the molecule is COc1ccccc1CCC(=O)N1C[C@@H](F)C[C@H]1CO. The Balaban J connectivity index is 1.95. The summed E-state index contributed by atoms with van der Waals surface area (Å²) >= 11 is 0. The van der Waals surface area contributed by atoms with Gasteiger partial charge in [-0.15, -0.1) is 0 Å². The molecule has 5 heteroatoms. The van der Waals surface area contributed by atoms with Gasteiger partial charge in [0.2, 0.25) is 5.91 Å². The third-order valence-electron chi connectivity index (χ3n) is 3.70. The third-order valence-corrected chi connectivity index (χ3v) is 3.70. The van der Waals surface area contributed by atoms with Crippen LogP contribution in [0.25, 0.3) is 0 Å². The van der Waals surface area contributed by atoms with E-state index in [4.69, 9.17) is 4.74 Å². The van der Waals surface area contributed by atoms with Crippen molar-refractivity contribution in [2.24, 2.45) is 0 Å². The lowest BCUT2D eigenvalue weighted by atomic mass is 10.1. The quantitative estimate of drug-likeness (QED) is 0.891. The van der Waals surface area contributed by atoms with Crippen molar-refractivity contribution in [3.63, 3.8) is 0 Å². The minimum atomic E-state index is -1.03. The fraction of sp³-hybridized carbons (Fsp3) is 0.533. The standard InChI is InChI=1S/C15H20FNO3/c1-20-14-5-3-2-4-11(14)6-7-15(19)17-9-12(16)8-13(17)10-18/h2-5,12-13,18H,6-10H2,1H3/t12-,13-/m0/s1. The van der Waals surface area contributed by atoms with Crippen LogP contribution < -0.4 is 4.74 Å². The van der Waals surface area contributed by atoms with E-state index < -0.39 is 6.17 Å². The second-order valence-corrected chi connectivity index (χ2v) is 5.03. The number of ether oxygens (including phenoxy) is 1. The molecule has 1 heterocycles. The first-order valence-electron chi connectivity index (χ1n) is 6.82. The van der Waals surface area contributed by atoms with E-state index in [1.807, 2.05) is 24.3 Å². The van der Waals surface area contributed by atoms with Crippen LogP contribution in [0.5, 0.6) is 5.75 Å². The first-order chi connectivity index (χ1) is 9.65. The van der Waals surface area contributed by atoms with Crippen molar-refractivity contribution < 1.29 is 19.0 Å². The molecule has 4 nitrogen and oxygen atoms in total. The number of amides is 1. The number of nitrogens with zero attached hydrogens (tertiary/aromatic N) is 1. The number of carbonyl (C=O) groups is 1. The second-order valence-electron chi connectivity index (χ2n) is 5.03. The van der Waals surface area contributed by atoms with Crippen LogP contribution in [0.4, 0.5) is 4.39 Å². The summed E-state index contributed by atoms with van der Waals surface area (Å²) in [5.41, 5.74) is 0.958. The molecule has 110 valence electrons. The number of benzene rings is 1.